The Morgan fingerprint density at radius 3 is 2.82 bits per heavy atom. The number of carbonyl (C=O) groups is 2. The van der Waals surface area contributed by atoms with Gasteiger partial charge in [0.1, 0.15) is 24.0 Å². The molecule has 1 saturated heterocycles. The minimum atomic E-state index is -0.415. The molecule has 8 heteroatoms. The fraction of sp³-hybridized carbons (Fsp3) is 0.400. The van der Waals surface area contributed by atoms with Crippen molar-refractivity contribution in [3.63, 3.8) is 0 Å². The zero-order valence-electron chi connectivity index (χ0n) is 15.7. The van der Waals surface area contributed by atoms with Gasteiger partial charge >= 0.3 is 5.97 Å². The van der Waals surface area contributed by atoms with Crippen molar-refractivity contribution in [1.82, 2.24) is 15.3 Å². The fourth-order valence-electron chi connectivity index (χ4n) is 3.61. The summed E-state index contributed by atoms with van der Waals surface area (Å²) in [6, 6.07) is 7.79. The van der Waals surface area contributed by atoms with Crippen LogP contribution < -0.4 is 10.2 Å². The molecule has 1 aromatic carbocycles. The summed E-state index contributed by atoms with van der Waals surface area (Å²) in [7, 11) is 0. The van der Waals surface area contributed by atoms with Crippen molar-refractivity contribution in [2.45, 2.75) is 19.8 Å². The maximum absolute atomic E-state index is 12.3. The number of anilines is 1. The summed E-state index contributed by atoms with van der Waals surface area (Å²) in [6.07, 6.45) is 2.92. The van der Waals surface area contributed by atoms with Crippen LogP contribution in [0.15, 0.2) is 35.0 Å². The first-order chi connectivity index (χ1) is 13.7. The molecule has 1 fully saturated rings. The number of fused-ring (bicyclic) bond motifs is 3. The Kier molecular flexibility index (Phi) is 5.10. The topological polar surface area (TPSA) is 97.6 Å². The molecule has 1 amide bonds. The summed E-state index contributed by atoms with van der Waals surface area (Å²) >= 11 is 0. The van der Waals surface area contributed by atoms with E-state index in [2.05, 4.69) is 20.2 Å². The van der Waals surface area contributed by atoms with E-state index in [1.807, 2.05) is 24.3 Å². The fourth-order valence-corrected chi connectivity index (χ4v) is 3.61. The van der Waals surface area contributed by atoms with Crippen LogP contribution >= 0.6 is 0 Å². The van der Waals surface area contributed by atoms with Gasteiger partial charge in [-0.2, -0.15) is 0 Å². The van der Waals surface area contributed by atoms with E-state index in [-0.39, 0.29) is 18.4 Å². The van der Waals surface area contributed by atoms with Crippen LogP contribution in [0.2, 0.25) is 0 Å². The van der Waals surface area contributed by atoms with Crippen molar-refractivity contribution in [3.8, 4) is 0 Å². The van der Waals surface area contributed by atoms with Gasteiger partial charge in [-0.25, -0.2) is 9.97 Å². The lowest BCUT2D eigenvalue weighted by Crippen LogP contribution is -2.42. The van der Waals surface area contributed by atoms with Gasteiger partial charge in [0.25, 0.3) is 0 Å². The first kappa shape index (κ1) is 18.2. The molecule has 1 aliphatic rings. The molecule has 1 aliphatic heterocycles. The lowest BCUT2D eigenvalue weighted by Gasteiger charge is -2.31. The first-order valence-electron chi connectivity index (χ1n) is 9.48. The molecule has 0 radical (unpaired) electrons. The van der Waals surface area contributed by atoms with Gasteiger partial charge < -0.3 is 19.4 Å². The van der Waals surface area contributed by atoms with E-state index >= 15 is 0 Å². The Hall–Kier alpha value is -3.16. The monoisotopic (exact) mass is 382 g/mol. The van der Waals surface area contributed by atoms with Crippen LogP contribution in [0.25, 0.3) is 22.1 Å². The number of nitrogens with zero attached hydrogens (tertiary/aromatic N) is 3. The smallest absolute Gasteiger partial charge is 0.325 e. The molecule has 4 rings (SSSR count). The second kappa shape index (κ2) is 7.84. The summed E-state index contributed by atoms with van der Waals surface area (Å²) < 4.78 is 10.8. The maximum Gasteiger partial charge on any atom is 0.325 e. The normalized spacial score (nSPS) is 15.1. The first-order valence-corrected chi connectivity index (χ1v) is 9.48. The Morgan fingerprint density at radius 1 is 1.25 bits per heavy atom. The van der Waals surface area contributed by atoms with Crippen LogP contribution in [-0.2, 0) is 14.3 Å². The predicted octanol–water partition coefficient (Wildman–Crippen LogP) is 2.27. The molecule has 0 saturated carbocycles. The summed E-state index contributed by atoms with van der Waals surface area (Å²) in [5.74, 6) is 0.107. The molecule has 3 heterocycles. The average molecular weight is 382 g/mol. The maximum atomic E-state index is 12.3. The van der Waals surface area contributed by atoms with Gasteiger partial charge in [-0.15, -0.1) is 0 Å². The van der Waals surface area contributed by atoms with E-state index in [4.69, 9.17) is 9.15 Å². The van der Waals surface area contributed by atoms with Crippen molar-refractivity contribution in [2.24, 2.45) is 5.92 Å². The van der Waals surface area contributed by atoms with E-state index in [1.54, 1.807) is 13.3 Å². The van der Waals surface area contributed by atoms with Crippen molar-refractivity contribution in [3.05, 3.63) is 30.6 Å². The van der Waals surface area contributed by atoms with Gasteiger partial charge in [-0.3, -0.25) is 9.59 Å². The molecule has 0 bridgehead atoms. The molecule has 8 nitrogen and oxygen atoms in total. The number of aromatic nitrogens is 2. The molecule has 0 atom stereocenters. The lowest BCUT2D eigenvalue weighted by molar-refractivity contribution is -0.143. The number of carbonyl (C=O) groups excluding carboxylic acids is 2. The molecule has 0 spiro atoms. The van der Waals surface area contributed by atoms with Gasteiger partial charge in [0.15, 0.2) is 11.4 Å². The molecular formula is C20H22N4O4. The lowest BCUT2D eigenvalue weighted by atomic mass is 9.96. The minimum absolute atomic E-state index is 0.0849. The number of benzene rings is 1. The third-order valence-electron chi connectivity index (χ3n) is 5.02. The van der Waals surface area contributed by atoms with E-state index in [1.165, 1.54) is 0 Å². The van der Waals surface area contributed by atoms with Gasteiger partial charge in [0, 0.05) is 24.4 Å². The highest BCUT2D eigenvalue weighted by Gasteiger charge is 2.28. The van der Waals surface area contributed by atoms with E-state index in [9.17, 15) is 9.59 Å². The standard InChI is InChI=1S/C20H22N4O4/c1-2-27-16(25)11-21-20(26)13-7-9-24(10-8-13)19-18-17(22-12-23-19)14-5-3-4-6-15(14)28-18/h3-6,12-13H,2,7-11H2,1H3,(H,21,26). The third-order valence-corrected chi connectivity index (χ3v) is 5.02. The average Bonchev–Trinajstić information content (AvgIpc) is 3.11. The number of nitrogens with one attached hydrogen (secondary N) is 1. The van der Waals surface area contributed by atoms with Crippen molar-refractivity contribution >= 4 is 39.8 Å². The van der Waals surface area contributed by atoms with E-state index < -0.39 is 5.97 Å². The van der Waals surface area contributed by atoms with Crippen LogP contribution in [0.4, 0.5) is 5.82 Å². The number of esters is 1. The Bertz CT molecular complexity index is 1010. The number of rotatable bonds is 5. The van der Waals surface area contributed by atoms with Crippen LogP contribution in [0.1, 0.15) is 19.8 Å². The molecule has 1 N–H and O–H groups in total. The SMILES string of the molecule is CCOC(=O)CNC(=O)C1CCN(c2ncnc3c2oc2ccccc23)CC1. The highest BCUT2D eigenvalue weighted by Crippen LogP contribution is 2.33. The molecule has 0 unspecified atom stereocenters. The molecule has 3 aromatic rings. The second-order valence-electron chi connectivity index (χ2n) is 6.76. The van der Waals surface area contributed by atoms with Gasteiger partial charge in [0.05, 0.1) is 6.61 Å². The number of piperidine rings is 1. The van der Waals surface area contributed by atoms with Crippen molar-refractivity contribution < 1.29 is 18.7 Å². The van der Waals surface area contributed by atoms with Crippen LogP contribution in [0.3, 0.4) is 0 Å². The zero-order chi connectivity index (χ0) is 19.5. The summed E-state index contributed by atoms with van der Waals surface area (Å²) in [5.41, 5.74) is 2.26. The third kappa shape index (κ3) is 3.49. The number of hydrogen-bond acceptors (Lipinski definition) is 7. The summed E-state index contributed by atoms with van der Waals surface area (Å²) in [4.78, 5) is 34.6. The molecule has 2 aromatic heterocycles. The van der Waals surface area contributed by atoms with E-state index in [0.29, 0.717) is 38.1 Å². The number of para-hydroxylation sites is 1. The highest BCUT2D eigenvalue weighted by atomic mass is 16.5. The zero-order valence-corrected chi connectivity index (χ0v) is 15.7. The van der Waals surface area contributed by atoms with Gasteiger partial charge in [-0.1, -0.05) is 12.1 Å². The van der Waals surface area contributed by atoms with Crippen molar-refractivity contribution in [1.29, 1.82) is 0 Å². The second-order valence-corrected chi connectivity index (χ2v) is 6.76. The van der Waals surface area contributed by atoms with Crippen molar-refractivity contribution in [2.75, 3.05) is 31.1 Å². The molecule has 0 aliphatic carbocycles. The Morgan fingerprint density at radius 2 is 2.04 bits per heavy atom. The van der Waals surface area contributed by atoms with Crippen LogP contribution in [0, 0.1) is 5.92 Å². The molecular weight excluding hydrogens is 360 g/mol. The summed E-state index contributed by atoms with van der Waals surface area (Å²) in [5, 5.41) is 3.63. The van der Waals surface area contributed by atoms with Gasteiger partial charge in [-0.05, 0) is 31.9 Å². The number of hydrogen-bond donors (Lipinski definition) is 1. The highest BCUT2D eigenvalue weighted by molar-refractivity contribution is 6.05. The quantitative estimate of drug-likeness (QED) is 0.676. The van der Waals surface area contributed by atoms with Crippen LogP contribution in [0.5, 0.6) is 0 Å². The number of ether oxygens (including phenoxy) is 1. The largest absolute Gasteiger partial charge is 0.465 e. The van der Waals surface area contributed by atoms with Gasteiger partial charge in [0.2, 0.25) is 5.91 Å². The number of furan rings is 1. The molecule has 28 heavy (non-hydrogen) atoms. The Labute approximate surface area is 161 Å². The minimum Gasteiger partial charge on any atom is -0.465 e. The van der Waals surface area contributed by atoms with Crippen LogP contribution in [-0.4, -0.2) is 48.1 Å². The Balaban J connectivity index is 1.44. The van der Waals surface area contributed by atoms with E-state index in [0.717, 1.165) is 22.3 Å². The predicted molar refractivity (Wildman–Crippen MR) is 104 cm³/mol. The molecule has 146 valence electrons. The number of amides is 1. The summed E-state index contributed by atoms with van der Waals surface area (Å²) in [6.45, 7) is 3.32.